The molecule has 0 spiro atoms. The Hall–Kier alpha value is -1.18. The van der Waals surface area contributed by atoms with Crippen molar-refractivity contribution in [2.75, 3.05) is 0 Å². The lowest BCUT2D eigenvalue weighted by Crippen LogP contribution is -2.06. The average Bonchev–Trinajstić information content (AvgIpc) is 2.16. The van der Waals surface area contributed by atoms with E-state index < -0.39 is 0 Å². The molecule has 0 aliphatic heterocycles. The minimum absolute atomic E-state index is 0.190. The zero-order chi connectivity index (χ0) is 10.7. The molecule has 0 aromatic carbocycles. The summed E-state index contributed by atoms with van der Waals surface area (Å²) in [5.74, 6) is 0.190. The van der Waals surface area contributed by atoms with Crippen molar-refractivity contribution < 1.29 is 4.79 Å². The van der Waals surface area contributed by atoms with E-state index in [9.17, 15) is 4.79 Å². The summed E-state index contributed by atoms with van der Waals surface area (Å²) in [5, 5.41) is 0. The molecular weight excluding hydrogens is 174 g/mol. The summed E-state index contributed by atoms with van der Waals surface area (Å²) in [7, 11) is 0. The van der Waals surface area contributed by atoms with Crippen LogP contribution in [0.25, 0.3) is 0 Å². The van der Waals surface area contributed by atoms with E-state index in [1.54, 1.807) is 0 Å². The lowest BCUT2D eigenvalue weighted by Gasteiger charge is -2.08. The third-order valence-electron chi connectivity index (χ3n) is 2.41. The number of rotatable bonds is 3. The molecule has 0 aliphatic rings. The van der Waals surface area contributed by atoms with Crippen LogP contribution >= 0.6 is 0 Å². The molecule has 0 amide bonds. The Balaban J connectivity index is 3.25. The first-order valence-electron chi connectivity index (χ1n) is 5.10. The Kier molecular flexibility index (Phi) is 3.39. The van der Waals surface area contributed by atoms with Gasteiger partial charge in [-0.3, -0.25) is 9.78 Å². The molecule has 0 atom stereocenters. The van der Waals surface area contributed by atoms with E-state index in [4.69, 9.17) is 0 Å². The summed E-state index contributed by atoms with van der Waals surface area (Å²) < 4.78 is 0. The Morgan fingerprint density at radius 2 is 2.00 bits per heavy atom. The van der Waals surface area contributed by atoms with Crippen molar-refractivity contribution in [1.82, 2.24) is 4.98 Å². The molecule has 1 heterocycles. The third-order valence-corrected chi connectivity index (χ3v) is 2.41. The van der Waals surface area contributed by atoms with E-state index >= 15 is 0 Å². The van der Waals surface area contributed by atoms with Crippen LogP contribution in [0.15, 0.2) is 6.07 Å². The lowest BCUT2D eigenvalue weighted by atomic mass is 10.0. The van der Waals surface area contributed by atoms with Crippen molar-refractivity contribution in [2.45, 2.75) is 40.5 Å². The summed E-state index contributed by atoms with van der Waals surface area (Å²) in [6.07, 6.45) is 1.47. The molecule has 1 aromatic rings. The van der Waals surface area contributed by atoms with Gasteiger partial charge in [0.05, 0.1) is 0 Å². The maximum atomic E-state index is 11.6. The molecule has 1 rings (SSSR count). The van der Waals surface area contributed by atoms with Crippen LogP contribution in [-0.4, -0.2) is 10.8 Å². The quantitative estimate of drug-likeness (QED) is 0.688. The SMILES string of the molecule is CCC(=O)c1c(C)cc(CC)nc1C. The number of nitrogens with zero attached hydrogens (tertiary/aromatic N) is 1. The maximum Gasteiger partial charge on any atom is 0.164 e. The van der Waals surface area contributed by atoms with Crippen molar-refractivity contribution in [3.63, 3.8) is 0 Å². The highest BCUT2D eigenvalue weighted by Gasteiger charge is 2.11. The van der Waals surface area contributed by atoms with Crippen molar-refractivity contribution in [3.05, 3.63) is 28.6 Å². The zero-order valence-electron chi connectivity index (χ0n) is 9.35. The predicted octanol–water partition coefficient (Wildman–Crippen LogP) is 2.85. The second-order valence-corrected chi connectivity index (χ2v) is 3.52. The lowest BCUT2D eigenvalue weighted by molar-refractivity contribution is 0.0986. The minimum atomic E-state index is 0.190. The second kappa shape index (κ2) is 4.36. The normalized spacial score (nSPS) is 10.3. The number of Topliss-reactive ketones (excluding diaryl/α,β-unsaturated/α-hetero) is 1. The molecule has 0 N–H and O–H groups in total. The Morgan fingerprint density at radius 1 is 1.36 bits per heavy atom. The van der Waals surface area contributed by atoms with E-state index in [2.05, 4.69) is 11.9 Å². The number of carbonyl (C=O) groups is 1. The van der Waals surface area contributed by atoms with Gasteiger partial charge in [0.1, 0.15) is 0 Å². The molecule has 2 nitrogen and oxygen atoms in total. The molecule has 1 aromatic heterocycles. The van der Waals surface area contributed by atoms with Crippen LogP contribution in [0.3, 0.4) is 0 Å². The average molecular weight is 191 g/mol. The fraction of sp³-hybridized carbons (Fsp3) is 0.500. The fourth-order valence-corrected chi connectivity index (χ4v) is 1.69. The Morgan fingerprint density at radius 3 is 2.43 bits per heavy atom. The van der Waals surface area contributed by atoms with Gasteiger partial charge in [-0.25, -0.2) is 0 Å². The first kappa shape index (κ1) is 10.9. The summed E-state index contributed by atoms with van der Waals surface area (Å²) in [4.78, 5) is 16.0. The van der Waals surface area contributed by atoms with Gasteiger partial charge < -0.3 is 0 Å². The van der Waals surface area contributed by atoms with E-state index in [1.807, 2.05) is 26.8 Å². The summed E-state index contributed by atoms with van der Waals surface area (Å²) >= 11 is 0. The number of aryl methyl sites for hydroxylation is 3. The fourth-order valence-electron chi connectivity index (χ4n) is 1.69. The largest absolute Gasteiger partial charge is 0.294 e. The van der Waals surface area contributed by atoms with Gasteiger partial charge in [0.25, 0.3) is 0 Å². The molecule has 0 radical (unpaired) electrons. The minimum Gasteiger partial charge on any atom is -0.294 e. The van der Waals surface area contributed by atoms with Crippen LogP contribution < -0.4 is 0 Å². The van der Waals surface area contributed by atoms with Gasteiger partial charge in [0, 0.05) is 23.4 Å². The highest BCUT2D eigenvalue weighted by molar-refractivity contribution is 5.98. The van der Waals surface area contributed by atoms with Crippen LogP contribution in [0.2, 0.25) is 0 Å². The van der Waals surface area contributed by atoms with Crippen molar-refractivity contribution >= 4 is 5.78 Å². The molecule has 14 heavy (non-hydrogen) atoms. The number of pyridine rings is 1. The van der Waals surface area contributed by atoms with Gasteiger partial charge >= 0.3 is 0 Å². The maximum absolute atomic E-state index is 11.6. The van der Waals surface area contributed by atoms with Crippen molar-refractivity contribution in [2.24, 2.45) is 0 Å². The summed E-state index contributed by atoms with van der Waals surface area (Å²) in [6.45, 7) is 7.85. The highest BCUT2D eigenvalue weighted by atomic mass is 16.1. The smallest absolute Gasteiger partial charge is 0.164 e. The van der Waals surface area contributed by atoms with Gasteiger partial charge in [0.2, 0.25) is 0 Å². The zero-order valence-corrected chi connectivity index (χ0v) is 9.35. The van der Waals surface area contributed by atoms with Crippen molar-refractivity contribution in [1.29, 1.82) is 0 Å². The van der Waals surface area contributed by atoms with Crippen molar-refractivity contribution in [3.8, 4) is 0 Å². The van der Waals surface area contributed by atoms with E-state index in [0.29, 0.717) is 6.42 Å². The van der Waals surface area contributed by atoms with E-state index in [-0.39, 0.29) is 5.78 Å². The van der Waals surface area contributed by atoms with Crippen LogP contribution in [0.4, 0.5) is 0 Å². The number of aromatic nitrogens is 1. The monoisotopic (exact) mass is 191 g/mol. The number of hydrogen-bond donors (Lipinski definition) is 0. The topological polar surface area (TPSA) is 30.0 Å². The van der Waals surface area contributed by atoms with Gasteiger partial charge in [-0.15, -0.1) is 0 Å². The third kappa shape index (κ3) is 2.00. The molecule has 0 saturated carbocycles. The predicted molar refractivity (Wildman–Crippen MR) is 57.7 cm³/mol. The van der Waals surface area contributed by atoms with Crippen LogP contribution in [-0.2, 0) is 6.42 Å². The molecule has 0 bridgehead atoms. The summed E-state index contributed by atoms with van der Waals surface area (Å²) in [5.41, 5.74) is 3.80. The highest BCUT2D eigenvalue weighted by Crippen LogP contribution is 2.15. The van der Waals surface area contributed by atoms with Gasteiger partial charge in [-0.1, -0.05) is 13.8 Å². The van der Waals surface area contributed by atoms with Crippen LogP contribution in [0.5, 0.6) is 0 Å². The molecule has 2 heteroatoms. The first-order chi connectivity index (χ1) is 6.60. The van der Waals surface area contributed by atoms with Crippen LogP contribution in [0.1, 0.15) is 47.6 Å². The number of ketones is 1. The molecule has 0 aliphatic carbocycles. The molecule has 76 valence electrons. The molecule has 0 unspecified atom stereocenters. The van der Waals surface area contributed by atoms with Gasteiger partial charge in [-0.2, -0.15) is 0 Å². The number of hydrogen-bond acceptors (Lipinski definition) is 2. The Labute approximate surface area is 85.4 Å². The standard InChI is InChI=1S/C12H17NO/c1-5-10-7-8(3)12(9(4)13-10)11(14)6-2/h7H,5-6H2,1-4H3. The van der Waals surface area contributed by atoms with Gasteiger partial charge in [0.15, 0.2) is 5.78 Å². The Bertz CT molecular complexity index is 332. The van der Waals surface area contributed by atoms with E-state index in [1.165, 1.54) is 0 Å². The molecule has 0 fully saturated rings. The van der Waals surface area contributed by atoms with Gasteiger partial charge in [-0.05, 0) is 31.9 Å². The molecule has 0 saturated heterocycles. The van der Waals surface area contributed by atoms with E-state index in [0.717, 1.165) is 28.9 Å². The first-order valence-corrected chi connectivity index (χ1v) is 5.10. The summed E-state index contributed by atoms with van der Waals surface area (Å²) in [6, 6.07) is 2.01. The number of carbonyl (C=O) groups excluding carboxylic acids is 1. The van der Waals surface area contributed by atoms with Crippen LogP contribution in [0, 0.1) is 13.8 Å². The second-order valence-electron chi connectivity index (χ2n) is 3.52. The molecular formula is C12H17NO.